The molecule has 1 aromatic carbocycles. The molecular weight excluding hydrogens is 420 g/mol. The van der Waals surface area contributed by atoms with Crippen molar-refractivity contribution in [1.82, 2.24) is 25.3 Å². The maximum absolute atomic E-state index is 12.2. The zero-order chi connectivity index (χ0) is 23.4. The molecule has 166 valence electrons. The molecule has 2 N–H and O–H groups in total. The Labute approximate surface area is 181 Å². The minimum Gasteiger partial charge on any atom is -0.367 e. The van der Waals surface area contributed by atoms with Crippen LogP contribution in [0.5, 0.6) is 0 Å². The van der Waals surface area contributed by atoms with Crippen LogP contribution in [0.1, 0.15) is 27.3 Å². The summed E-state index contributed by atoms with van der Waals surface area (Å²) >= 11 is 0. The van der Waals surface area contributed by atoms with Crippen LogP contribution >= 0.6 is 0 Å². The number of anilines is 1. The molecule has 13 heteroatoms. The number of nitrogens with one attached hydrogen (secondary N) is 2. The molecule has 3 rings (SSSR count). The Bertz CT molecular complexity index is 1160. The van der Waals surface area contributed by atoms with Gasteiger partial charge >= 0.3 is 0 Å². The number of amides is 1. The summed E-state index contributed by atoms with van der Waals surface area (Å²) < 4.78 is 1.71. The third kappa shape index (κ3) is 4.83. The molecule has 0 bridgehead atoms. The Morgan fingerprint density at radius 2 is 1.66 bits per heavy atom. The number of carbonyl (C=O) groups is 1. The highest BCUT2D eigenvalue weighted by molar-refractivity contribution is 5.95. The summed E-state index contributed by atoms with van der Waals surface area (Å²) in [5.41, 5.74) is 1.73. The molecule has 3 aromatic rings. The number of hydrogen-bond acceptors (Lipinski definition) is 9. The van der Waals surface area contributed by atoms with Gasteiger partial charge in [-0.3, -0.25) is 25.0 Å². The fraction of sp³-hybridized carbons (Fsp3) is 0.263. The van der Waals surface area contributed by atoms with Gasteiger partial charge < -0.3 is 10.6 Å². The first-order valence-electron chi connectivity index (χ1n) is 9.50. The molecule has 13 nitrogen and oxygen atoms in total. The van der Waals surface area contributed by atoms with Gasteiger partial charge in [0.1, 0.15) is 5.82 Å². The molecule has 2 aromatic heterocycles. The average molecular weight is 440 g/mol. The van der Waals surface area contributed by atoms with Gasteiger partial charge in [-0.05, 0) is 38.5 Å². The lowest BCUT2D eigenvalue weighted by Crippen LogP contribution is -2.29. The quantitative estimate of drug-likeness (QED) is 0.303. The smallest absolute Gasteiger partial charge is 0.277 e. The first-order valence-corrected chi connectivity index (χ1v) is 9.50. The van der Waals surface area contributed by atoms with E-state index in [1.165, 1.54) is 0 Å². The zero-order valence-corrected chi connectivity index (χ0v) is 17.5. The normalized spacial score (nSPS) is 10.6. The third-order valence-corrected chi connectivity index (χ3v) is 4.82. The van der Waals surface area contributed by atoms with Gasteiger partial charge in [-0.1, -0.05) is 0 Å². The molecule has 0 aliphatic carbocycles. The summed E-state index contributed by atoms with van der Waals surface area (Å²) in [5.74, 6) is 0.386. The van der Waals surface area contributed by atoms with E-state index in [0.717, 1.165) is 35.2 Å². The second-order valence-corrected chi connectivity index (χ2v) is 6.92. The molecule has 0 unspecified atom stereocenters. The van der Waals surface area contributed by atoms with Crippen LogP contribution in [-0.2, 0) is 0 Å². The van der Waals surface area contributed by atoms with E-state index in [4.69, 9.17) is 0 Å². The van der Waals surface area contributed by atoms with E-state index in [-0.39, 0.29) is 18.7 Å². The fourth-order valence-corrected chi connectivity index (χ4v) is 2.88. The molecule has 0 aliphatic rings. The summed E-state index contributed by atoms with van der Waals surface area (Å²) in [5, 5.41) is 40.1. The van der Waals surface area contributed by atoms with E-state index < -0.39 is 27.1 Å². The Morgan fingerprint density at radius 1 is 1.00 bits per heavy atom. The largest absolute Gasteiger partial charge is 0.367 e. The summed E-state index contributed by atoms with van der Waals surface area (Å²) in [6.07, 6.45) is 0. The lowest BCUT2D eigenvalue weighted by Gasteiger charge is -2.08. The fourth-order valence-electron chi connectivity index (χ4n) is 2.88. The SMILES string of the molecule is Cc1nn(-c2ccc(NCCNC(=O)c3cc([N+](=O)[O-])cc([N+](=O)[O-])c3)nn2)c(C)c1C. The van der Waals surface area contributed by atoms with E-state index in [2.05, 4.69) is 25.9 Å². The molecule has 0 radical (unpaired) electrons. The molecular formula is C19H20N8O5. The topological polar surface area (TPSA) is 171 Å². The number of nitrogens with zero attached hydrogens (tertiary/aromatic N) is 6. The van der Waals surface area contributed by atoms with Crippen molar-refractivity contribution < 1.29 is 14.6 Å². The first-order chi connectivity index (χ1) is 15.2. The standard InChI is InChI=1S/C19H20N8O5/c1-11-12(2)24-25(13(11)3)18-5-4-17(22-23-18)20-6-7-21-19(28)14-8-15(26(29)30)10-16(9-14)27(31)32/h4-5,8-10H,6-7H2,1-3H3,(H,20,22)(H,21,28). The zero-order valence-electron chi connectivity index (χ0n) is 17.5. The van der Waals surface area contributed by atoms with Crippen molar-refractivity contribution in [3.8, 4) is 5.82 Å². The van der Waals surface area contributed by atoms with E-state index in [0.29, 0.717) is 11.6 Å². The van der Waals surface area contributed by atoms with Crippen LogP contribution in [0.25, 0.3) is 5.82 Å². The number of aryl methyl sites for hydroxylation is 1. The third-order valence-electron chi connectivity index (χ3n) is 4.82. The van der Waals surface area contributed by atoms with Gasteiger partial charge in [0, 0.05) is 30.9 Å². The van der Waals surface area contributed by atoms with Gasteiger partial charge in [-0.15, -0.1) is 10.2 Å². The van der Waals surface area contributed by atoms with Crippen molar-refractivity contribution in [2.45, 2.75) is 20.8 Å². The van der Waals surface area contributed by atoms with Gasteiger partial charge in [-0.25, -0.2) is 4.68 Å². The maximum Gasteiger partial charge on any atom is 0.277 e. The number of nitro groups is 2. The summed E-state index contributed by atoms with van der Waals surface area (Å²) in [6.45, 7) is 6.28. The monoisotopic (exact) mass is 440 g/mol. The molecule has 0 fully saturated rings. The molecule has 0 saturated carbocycles. The number of non-ortho nitro benzene ring substituents is 2. The van der Waals surface area contributed by atoms with Crippen LogP contribution in [0.4, 0.5) is 17.2 Å². The summed E-state index contributed by atoms with van der Waals surface area (Å²) in [4.78, 5) is 32.5. The molecule has 0 aliphatic heterocycles. The number of carbonyl (C=O) groups excluding carboxylic acids is 1. The molecule has 0 saturated heterocycles. The number of rotatable bonds is 8. The molecule has 0 spiro atoms. The van der Waals surface area contributed by atoms with Crippen molar-refractivity contribution in [2.75, 3.05) is 18.4 Å². The summed E-state index contributed by atoms with van der Waals surface area (Å²) in [6, 6.07) is 6.25. The summed E-state index contributed by atoms with van der Waals surface area (Å²) in [7, 11) is 0. The molecule has 0 atom stereocenters. The van der Waals surface area contributed by atoms with Crippen molar-refractivity contribution >= 4 is 23.1 Å². The number of benzene rings is 1. The Balaban J connectivity index is 1.57. The van der Waals surface area contributed by atoms with Crippen molar-refractivity contribution in [2.24, 2.45) is 0 Å². The van der Waals surface area contributed by atoms with E-state index in [1.807, 2.05) is 20.8 Å². The number of nitro benzene ring substituents is 2. The van der Waals surface area contributed by atoms with Crippen LogP contribution in [0, 0.1) is 41.0 Å². The van der Waals surface area contributed by atoms with Gasteiger partial charge in [0.05, 0.1) is 27.2 Å². The maximum atomic E-state index is 12.2. The van der Waals surface area contributed by atoms with Crippen LogP contribution < -0.4 is 10.6 Å². The van der Waals surface area contributed by atoms with Crippen molar-refractivity contribution in [3.63, 3.8) is 0 Å². The number of hydrogen-bond donors (Lipinski definition) is 2. The van der Waals surface area contributed by atoms with Crippen molar-refractivity contribution in [3.05, 3.63) is 73.1 Å². The highest BCUT2D eigenvalue weighted by atomic mass is 16.6. The minimum absolute atomic E-state index is 0.148. The Hall–Kier alpha value is -4.42. The molecule has 1 amide bonds. The van der Waals surface area contributed by atoms with Crippen LogP contribution in [-0.4, -0.2) is 48.8 Å². The Kier molecular flexibility index (Phi) is 6.37. The van der Waals surface area contributed by atoms with E-state index >= 15 is 0 Å². The van der Waals surface area contributed by atoms with E-state index in [9.17, 15) is 25.0 Å². The predicted molar refractivity (Wildman–Crippen MR) is 114 cm³/mol. The lowest BCUT2D eigenvalue weighted by molar-refractivity contribution is -0.394. The van der Waals surface area contributed by atoms with Gasteiger partial charge in [0.15, 0.2) is 5.82 Å². The first kappa shape index (κ1) is 22.3. The van der Waals surface area contributed by atoms with Crippen LogP contribution in [0.15, 0.2) is 30.3 Å². The van der Waals surface area contributed by atoms with Gasteiger partial charge in [0.2, 0.25) is 0 Å². The highest BCUT2D eigenvalue weighted by Gasteiger charge is 2.19. The molecule has 2 heterocycles. The van der Waals surface area contributed by atoms with Crippen molar-refractivity contribution in [1.29, 1.82) is 0 Å². The highest BCUT2D eigenvalue weighted by Crippen LogP contribution is 2.22. The van der Waals surface area contributed by atoms with E-state index in [1.54, 1.807) is 16.8 Å². The average Bonchev–Trinajstić information content (AvgIpc) is 3.03. The number of aromatic nitrogens is 4. The Morgan fingerprint density at radius 3 is 2.16 bits per heavy atom. The second-order valence-electron chi connectivity index (χ2n) is 6.92. The predicted octanol–water partition coefficient (Wildman–Crippen LogP) is 2.25. The molecule has 32 heavy (non-hydrogen) atoms. The van der Waals surface area contributed by atoms with Gasteiger partial charge in [-0.2, -0.15) is 5.10 Å². The van der Waals surface area contributed by atoms with Crippen LogP contribution in [0.2, 0.25) is 0 Å². The lowest BCUT2D eigenvalue weighted by atomic mass is 10.1. The van der Waals surface area contributed by atoms with Gasteiger partial charge in [0.25, 0.3) is 17.3 Å². The minimum atomic E-state index is -0.791. The van der Waals surface area contributed by atoms with Crippen LogP contribution in [0.3, 0.4) is 0 Å². The second kappa shape index (κ2) is 9.16.